The van der Waals surface area contributed by atoms with Crippen molar-refractivity contribution in [1.82, 2.24) is 5.32 Å². The van der Waals surface area contributed by atoms with Crippen LogP contribution < -0.4 is 5.32 Å². The highest BCUT2D eigenvalue weighted by molar-refractivity contribution is 4.85. The molecule has 0 saturated carbocycles. The monoisotopic (exact) mass is 171 g/mol. The van der Waals surface area contributed by atoms with Crippen molar-refractivity contribution in [2.75, 3.05) is 13.1 Å². The first-order chi connectivity index (χ1) is 5.72. The molecule has 0 radical (unpaired) electrons. The van der Waals surface area contributed by atoms with Crippen molar-refractivity contribution in [1.29, 1.82) is 0 Å². The summed E-state index contributed by atoms with van der Waals surface area (Å²) in [4.78, 5) is 0. The fourth-order valence-electron chi connectivity index (χ4n) is 1.94. The zero-order valence-electron chi connectivity index (χ0n) is 7.80. The molecular weight excluding hydrogens is 154 g/mol. The Morgan fingerprint density at radius 1 is 1.08 bits per heavy atom. The SMILES string of the molecule is CC1OC2(CCNCC2)OC1C. The molecule has 2 saturated heterocycles. The molecule has 0 aromatic carbocycles. The number of hydrogen-bond acceptors (Lipinski definition) is 3. The van der Waals surface area contributed by atoms with Gasteiger partial charge in [-0.3, -0.25) is 0 Å². The van der Waals surface area contributed by atoms with E-state index in [0.29, 0.717) is 0 Å². The molecule has 0 aromatic rings. The van der Waals surface area contributed by atoms with E-state index < -0.39 is 0 Å². The number of hydrogen-bond donors (Lipinski definition) is 1. The van der Waals surface area contributed by atoms with E-state index in [2.05, 4.69) is 19.2 Å². The van der Waals surface area contributed by atoms with Gasteiger partial charge in [0.25, 0.3) is 0 Å². The maximum absolute atomic E-state index is 5.84. The molecule has 0 aliphatic carbocycles. The van der Waals surface area contributed by atoms with E-state index in [4.69, 9.17) is 9.47 Å². The Balaban J connectivity index is 2.02. The fraction of sp³-hybridized carbons (Fsp3) is 1.00. The topological polar surface area (TPSA) is 30.5 Å². The number of ether oxygens (including phenoxy) is 2. The van der Waals surface area contributed by atoms with Gasteiger partial charge in [-0.1, -0.05) is 0 Å². The summed E-state index contributed by atoms with van der Waals surface area (Å²) >= 11 is 0. The molecule has 12 heavy (non-hydrogen) atoms. The van der Waals surface area contributed by atoms with Gasteiger partial charge in [-0.05, 0) is 13.8 Å². The van der Waals surface area contributed by atoms with Gasteiger partial charge < -0.3 is 14.8 Å². The molecule has 3 heteroatoms. The summed E-state index contributed by atoms with van der Waals surface area (Å²) in [5.74, 6) is -0.246. The fourth-order valence-corrected chi connectivity index (χ4v) is 1.94. The van der Waals surface area contributed by atoms with Gasteiger partial charge in [-0.25, -0.2) is 0 Å². The summed E-state index contributed by atoms with van der Waals surface area (Å²) in [6.07, 6.45) is 2.48. The van der Waals surface area contributed by atoms with Gasteiger partial charge in [0.1, 0.15) is 0 Å². The molecule has 2 unspecified atom stereocenters. The molecule has 0 aromatic heterocycles. The molecule has 1 spiro atoms. The Labute approximate surface area is 73.4 Å². The molecule has 0 amide bonds. The molecule has 70 valence electrons. The van der Waals surface area contributed by atoms with E-state index in [0.717, 1.165) is 25.9 Å². The minimum atomic E-state index is -0.246. The normalized spacial score (nSPS) is 40.5. The number of rotatable bonds is 0. The van der Waals surface area contributed by atoms with Crippen molar-refractivity contribution >= 4 is 0 Å². The minimum absolute atomic E-state index is 0.246. The van der Waals surface area contributed by atoms with E-state index in [1.807, 2.05) is 0 Å². The molecule has 2 atom stereocenters. The third kappa shape index (κ3) is 1.37. The third-order valence-corrected chi connectivity index (χ3v) is 2.83. The number of piperidine rings is 1. The van der Waals surface area contributed by atoms with Crippen molar-refractivity contribution < 1.29 is 9.47 Å². The van der Waals surface area contributed by atoms with Crippen LogP contribution >= 0.6 is 0 Å². The molecule has 0 bridgehead atoms. The summed E-state index contributed by atoms with van der Waals surface area (Å²) in [5, 5.41) is 3.31. The number of nitrogens with one attached hydrogen (secondary N) is 1. The smallest absolute Gasteiger partial charge is 0.171 e. The molecular formula is C9H17NO2. The lowest BCUT2D eigenvalue weighted by atomic mass is 10.1. The molecule has 1 N–H and O–H groups in total. The maximum atomic E-state index is 5.84. The van der Waals surface area contributed by atoms with Gasteiger partial charge in [0.2, 0.25) is 0 Å². The van der Waals surface area contributed by atoms with Crippen LogP contribution in [0.2, 0.25) is 0 Å². The third-order valence-electron chi connectivity index (χ3n) is 2.83. The molecule has 2 aliphatic heterocycles. The lowest BCUT2D eigenvalue weighted by molar-refractivity contribution is -0.187. The highest BCUT2D eigenvalue weighted by Gasteiger charge is 2.44. The Morgan fingerprint density at radius 2 is 1.58 bits per heavy atom. The van der Waals surface area contributed by atoms with Gasteiger partial charge in [0, 0.05) is 25.9 Å². The average Bonchev–Trinajstić information content (AvgIpc) is 2.29. The van der Waals surface area contributed by atoms with Crippen molar-refractivity contribution in [3.8, 4) is 0 Å². The average molecular weight is 171 g/mol. The van der Waals surface area contributed by atoms with Crippen LogP contribution in [0.25, 0.3) is 0 Å². The molecule has 3 nitrogen and oxygen atoms in total. The van der Waals surface area contributed by atoms with Crippen LogP contribution in [-0.2, 0) is 9.47 Å². The second-order valence-electron chi connectivity index (χ2n) is 3.81. The first kappa shape index (κ1) is 8.48. The largest absolute Gasteiger partial charge is 0.344 e. The van der Waals surface area contributed by atoms with E-state index >= 15 is 0 Å². The van der Waals surface area contributed by atoms with E-state index in [1.54, 1.807) is 0 Å². The highest BCUT2D eigenvalue weighted by Crippen LogP contribution is 2.35. The second-order valence-corrected chi connectivity index (χ2v) is 3.81. The zero-order valence-corrected chi connectivity index (χ0v) is 7.80. The van der Waals surface area contributed by atoms with Crippen LogP contribution in [0.3, 0.4) is 0 Å². The first-order valence-corrected chi connectivity index (χ1v) is 4.78. The Bertz CT molecular complexity index is 154. The van der Waals surface area contributed by atoms with E-state index in [9.17, 15) is 0 Å². The van der Waals surface area contributed by atoms with Crippen LogP contribution in [0.1, 0.15) is 26.7 Å². The van der Waals surface area contributed by atoms with Gasteiger partial charge in [0.05, 0.1) is 12.2 Å². The van der Waals surface area contributed by atoms with E-state index in [-0.39, 0.29) is 18.0 Å². The minimum Gasteiger partial charge on any atom is -0.344 e. The second kappa shape index (κ2) is 2.98. The van der Waals surface area contributed by atoms with Crippen molar-refractivity contribution in [2.45, 2.75) is 44.7 Å². The summed E-state index contributed by atoms with van der Waals surface area (Å²) in [5.41, 5.74) is 0. The molecule has 2 fully saturated rings. The van der Waals surface area contributed by atoms with Crippen molar-refractivity contribution in [3.63, 3.8) is 0 Å². The summed E-state index contributed by atoms with van der Waals surface area (Å²) in [6.45, 7) is 6.20. The predicted molar refractivity (Wildman–Crippen MR) is 45.9 cm³/mol. The van der Waals surface area contributed by atoms with Crippen LogP contribution in [-0.4, -0.2) is 31.1 Å². The van der Waals surface area contributed by atoms with E-state index in [1.165, 1.54) is 0 Å². The highest BCUT2D eigenvalue weighted by atomic mass is 16.8. The van der Waals surface area contributed by atoms with Gasteiger partial charge >= 0.3 is 0 Å². The molecule has 2 heterocycles. The zero-order chi connectivity index (χ0) is 8.60. The van der Waals surface area contributed by atoms with Gasteiger partial charge in [-0.15, -0.1) is 0 Å². The van der Waals surface area contributed by atoms with Crippen molar-refractivity contribution in [3.05, 3.63) is 0 Å². The lowest BCUT2D eigenvalue weighted by Crippen LogP contribution is -2.43. The van der Waals surface area contributed by atoms with Crippen LogP contribution in [0.15, 0.2) is 0 Å². The summed E-state index contributed by atoms with van der Waals surface area (Å²) in [6, 6.07) is 0. The predicted octanol–water partition coefficient (Wildman–Crippen LogP) is 0.890. The first-order valence-electron chi connectivity index (χ1n) is 4.78. The van der Waals surface area contributed by atoms with Crippen LogP contribution in [0.4, 0.5) is 0 Å². The summed E-state index contributed by atoms with van der Waals surface area (Å²) in [7, 11) is 0. The Hall–Kier alpha value is -0.120. The van der Waals surface area contributed by atoms with Crippen molar-refractivity contribution in [2.24, 2.45) is 0 Å². The van der Waals surface area contributed by atoms with Gasteiger partial charge in [0.15, 0.2) is 5.79 Å². The lowest BCUT2D eigenvalue weighted by Gasteiger charge is -2.32. The molecule has 2 rings (SSSR count). The maximum Gasteiger partial charge on any atom is 0.171 e. The van der Waals surface area contributed by atoms with Crippen LogP contribution in [0, 0.1) is 0 Å². The standard InChI is InChI=1S/C9H17NO2/c1-7-8(2)12-9(11-7)3-5-10-6-4-9/h7-8,10H,3-6H2,1-2H3. The van der Waals surface area contributed by atoms with Gasteiger partial charge in [-0.2, -0.15) is 0 Å². The summed E-state index contributed by atoms with van der Waals surface area (Å²) < 4.78 is 11.7. The van der Waals surface area contributed by atoms with Crippen LogP contribution in [0.5, 0.6) is 0 Å². The Kier molecular flexibility index (Phi) is 2.10. The Morgan fingerprint density at radius 3 is 2.08 bits per heavy atom. The molecule has 2 aliphatic rings. The quantitative estimate of drug-likeness (QED) is 0.587.